The van der Waals surface area contributed by atoms with Crippen molar-refractivity contribution >= 4 is 33.5 Å². The van der Waals surface area contributed by atoms with Crippen LogP contribution in [0.25, 0.3) is 55.8 Å². The maximum Gasteiger partial charge on any atom is 0.226 e. The van der Waals surface area contributed by atoms with Crippen LogP contribution >= 0.6 is 11.6 Å². The van der Waals surface area contributed by atoms with Gasteiger partial charge in [0, 0.05) is 21.9 Å². The molecule has 8 aromatic rings. The number of nitrogens with zero attached hydrogens (tertiary/aromatic N) is 3. The van der Waals surface area contributed by atoms with Gasteiger partial charge in [0.2, 0.25) is 5.28 Å². The van der Waals surface area contributed by atoms with Gasteiger partial charge in [-0.3, -0.25) is 0 Å². The normalized spacial score (nSPS) is 13.2. The molecule has 6 aromatic carbocycles. The van der Waals surface area contributed by atoms with Crippen molar-refractivity contribution in [1.29, 1.82) is 0 Å². The van der Waals surface area contributed by atoms with E-state index in [1.165, 1.54) is 22.3 Å². The second-order valence-corrected chi connectivity index (χ2v) is 11.7. The molecule has 0 N–H and O–H groups in total. The zero-order chi connectivity index (χ0) is 30.0. The molecule has 0 atom stereocenters. The highest BCUT2D eigenvalue weighted by Crippen LogP contribution is 2.58. The quantitative estimate of drug-likeness (QED) is 0.202. The second kappa shape index (κ2) is 9.98. The van der Waals surface area contributed by atoms with Crippen LogP contribution in [-0.2, 0) is 5.41 Å². The Morgan fingerprint density at radius 2 is 1.11 bits per heavy atom. The molecule has 0 saturated heterocycles. The van der Waals surface area contributed by atoms with Crippen LogP contribution in [-0.4, -0.2) is 15.0 Å². The fourth-order valence-electron chi connectivity index (χ4n) is 7.14. The van der Waals surface area contributed by atoms with Gasteiger partial charge in [0.05, 0.1) is 5.41 Å². The maximum absolute atomic E-state index is 6.65. The van der Waals surface area contributed by atoms with E-state index in [1.807, 2.05) is 30.3 Å². The lowest BCUT2D eigenvalue weighted by Crippen LogP contribution is -2.28. The van der Waals surface area contributed by atoms with E-state index in [9.17, 15) is 0 Å². The van der Waals surface area contributed by atoms with Crippen LogP contribution in [0.15, 0.2) is 150 Å². The summed E-state index contributed by atoms with van der Waals surface area (Å²) in [6.45, 7) is 0. The summed E-state index contributed by atoms with van der Waals surface area (Å²) in [6, 6.07) is 50.6. The van der Waals surface area contributed by atoms with E-state index < -0.39 is 5.41 Å². The average molecular weight is 598 g/mol. The average Bonchev–Trinajstić information content (AvgIpc) is 3.62. The van der Waals surface area contributed by atoms with Gasteiger partial charge < -0.3 is 4.42 Å². The van der Waals surface area contributed by atoms with E-state index in [0.717, 1.165) is 44.2 Å². The first-order valence-corrected chi connectivity index (χ1v) is 15.3. The van der Waals surface area contributed by atoms with Crippen LogP contribution in [0.4, 0.5) is 0 Å². The first-order valence-electron chi connectivity index (χ1n) is 14.9. The van der Waals surface area contributed by atoms with Crippen LogP contribution in [0, 0.1) is 0 Å². The number of fused-ring (bicyclic) bond motifs is 6. The molecule has 1 aliphatic rings. The van der Waals surface area contributed by atoms with Crippen molar-refractivity contribution in [3.8, 4) is 33.9 Å². The van der Waals surface area contributed by atoms with Crippen molar-refractivity contribution in [1.82, 2.24) is 15.0 Å². The van der Waals surface area contributed by atoms with Gasteiger partial charge in [0.15, 0.2) is 11.6 Å². The van der Waals surface area contributed by atoms with Gasteiger partial charge in [0.1, 0.15) is 11.2 Å². The van der Waals surface area contributed by atoms with Crippen LogP contribution in [0.2, 0.25) is 5.28 Å². The Morgan fingerprint density at radius 3 is 1.91 bits per heavy atom. The molecule has 1 aliphatic carbocycles. The van der Waals surface area contributed by atoms with Crippen molar-refractivity contribution in [2.24, 2.45) is 0 Å². The number of halogens is 1. The minimum atomic E-state index is -0.517. The number of aromatic nitrogens is 3. The van der Waals surface area contributed by atoms with Crippen molar-refractivity contribution < 1.29 is 4.42 Å². The number of rotatable bonds is 4. The highest BCUT2D eigenvalue weighted by atomic mass is 35.5. The van der Waals surface area contributed by atoms with Gasteiger partial charge in [-0.15, -0.1) is 0 Å². The third-order valence-corrected chi connectivity index (χ3v) is 9.14. The minimum Gasteiger partial charge on any atom is -0.456 e. The predicted octanol–water partition coefficient (Wildman–Crippen LogP) is 10.1. The summed E-state index contributed by atoms with van der Waals surface area (Å²) in [5.74, 6) is 1.02. The van der Waals surface area contributed by atoms with Crippen molar-refractivity contribution in [2.75, 3.05) is 0 Å². The zero-order valence-electron chi connectivity index (χ0n) is 24.0. The third kappa shape index (κ3) is 3.83. The number of furan rings is 1. The van der Waals surface area contributed by atoms with Crippen LogP contribution in [0.1, 0.15) is 22.3 Å². The van der Waals surface area contributed by atoms with E-state index in [1.54, 1.807) is 0 Å². The number of hydrogen-bond acceptors (Lipinski definition) is 4. The van der Waals surface area contributed by atoms with Crippen LogP contribution in [0.3, 0.4) is 0 Å². The lowest BCUT2D eigenvalue weighted by molar-refractivity contribution is 0.669. The molecule has 2 aromatic heterocycles. The largest absolute Gasteiger partial charge is 0.456 e. The van der Waals surface area contributed by atoms with Gasteiger partial charge in [-0.1, -0.05) is 127 Å². The molecule has 5 heteroatoms. The van der Waals surface area contributed by atoms with E-state index in [0.29, 0.717) is 11.6 Å². The first kappa shape index (κ1) is 25.9. The molecular formula is C40H24ClN3O. The fraction of sp³-hybridized carbons (Fsp3) is 0.0250. The molecule has 212 valence electrons. The molecule has 4 nitrogen and oxygen atoms in total. The molecule has 0 radical (unpaired) electrons. The first-order chi connectivity index (χ1) is 22.2. The van der Waals surface area contributed by atoms with Crippen LogP contribution < -0.4 is 0 Å². The van der Waals surface area contributed by atoms with Gasteiger partial charge in [-0.2, -0.15) is 9.97 Å². The molecule has 0 fully saturated rings. The molecule has 0 amide bonds. The Labute approximate surface area is 264 Å². The molecule has 0 spiro atoms. The second-order valence-electron chi connectivity index (χ2n) is 11.3. The van der Waals surface area contributed by atoms with Gasteiger partial charge >= 0.3 is 0 Å². The molecule has 0 unspecified atom stereocenters. The summed E-state index contributed by atoms with van der Waals surface area (Å²) in [4.78, 5) is 14.3. The fourth-order valence-corrected chi connectivity index (χ4v) is 7.30. The molecule has 45 heavy (non-hydrogen) atoms. The molecule has 0 saturated carbocycles. The third-order valence-electron chi connectivity index (χ3n) is 8.97. The van der Waals surface area contributed by atoms with Gasteiger partial charge in [-0.05, 0) is 63.2 Å². The molecule has 0 aliphatic heterocycles. The van der Waals surface area contributed by atoms with Crippen molar-refractivity contribution in [3.05, 3.63) is 173 Å². The maximum atomic E-state index is 6.65. The molecule has 2 heterocycles. The van der Waals surface area contributed by atoms with E-state index >= 15 is 0 Å². The summed E-state index contributed by atoms with van der Waals surface area (Å²) in [5, 5.41) is 2.26. The Balaban J connectivity index is 1.28. The summed E-state index contributed by atoms with van der Waals surface area (Å²) < 4.78 is 6.16. The van der Waals surface area contributed by atoms with Gasteiger partial charge in [0.25, 0.3) is 0 Å². The standard InChI is InChI=1S/C40H24ClN3O/c41-39-43-37(25-22-23-29-28-16-8-10-21-34(28)45-35(29)24-25)42-38(44-39)31-18-11-20-33-36(31)30-17-7-9-19-32(30)40(33,26-12-3-1-4-13-26)27-14-5-2-6-15-27/h1-24H. The monoisotopic (exact) mass is 597 g/mol. The molecule has 0 bridgehead atoms. The lowest BCUT2D eigenvalue weighted by Gasteiger charge is -2.33. The highest BCUT2D eigenvalue weighted by Gasteiger charge is 2.46. The lowest BCUT2D eigenvalue weighted by atomic mass is 9.67. The van der Waals surface area contributed by atoms with E-state index in [4.69, 9.17) is 26.0 Å². The molecular weight excluding hydrogens is 574 g/mol. The SMILES string of the molecule is Clc1nc(-c2ccc3c(c2)oc2ccccc23)nc(-c2cccc3c2-c2ccccc2C3(c2ccccc2)c2ccccc2)n1. The topological polar surface area (TPSA) is 51.8 Å². The zero-order valence-corrected chi connectivity index (χ0v) is 24.7. The predicted molar refractivity (Wildman–Crippen MR) is 180 cm³/mol. The Morgan fingerprint density at radius 1 is 0.489 bits per heavy atom. The van der Waals surface area contributed by atoms with Crippen molar-refractivity contribution in [2.45, 2.75) is 5.41 Å². The Bertz CT molecular complexity index is 2360. The summed E-state index contributed by atoms with van der Waals surface area (Å²) in [6.07, 6.45) is 0. The highest BCUT2D eigenvalue weighted by molar-refractivity contribution is 6.28. The number of para-hydroxylation sites is 1. The minimum absolute atomic E-state index is 0.140. The Kier molecular flexibility index (Phi) is 5.74. The smallest absolute Gasteiger partial charge is 0.226 e. The van der Waals surface area contributed by atoms with Gasteiger partial charge in [-0.25, -0.2) is 4.98 Å². The number of benzene rings is 6. The van der Waals surface area contributed by atoms with Crippen LogP contribution in [0.5, 0.6) is 0 Å². The summed E-state index contributed by atoms with van der Waals surface area (Å²) in [5.41, 5.74) is 9.87. The summed E-state index contributed by atoms with van der Waals surface area (Å²) >= 11 is 6.65. The van der Waals surface area contributed by atoms with Crippen molar-refractivity contribution in [3.63, 3.8) is 0 Å². The molecule has 9 rings (SSSR count). The number of hydrogen-bond donors (Lipinski definition) is 0. The Hall–Kier alpha value is -5.58. The van der Waals surface area contributed by atoms with E-state index in [2.05, 4.69) is 120 Å². The van der Waals surface area contributed by atoms with E-state index in [-0.39, 0.29) is 5.28 Å². The summed E-state index contributed by atoms with van der Waals surface area (Å²) in [7, 11) is 0.